The number of rotatable bonds is 9. The van der Waals surface area contributed by atoms with Crippen LogP contribution in [-0.2, 0) is 6.42 Å². The van der Waals surface area contributed by atoms with Crippen molar-refractivity contribution in [2.24, 2.45) is 5.92 Å². The molecule has 1 aliphatic rings. The van der Waals surface area contributed by atoms with Gasteiger partial charge in [0.2, 0.25) is 0 Å². The smallest absolute Gasteiger partial charge is 0.191 e. The Kier molecular flexibility index (Phi) is 7.68. The van der Waals surface area contributed by atoms with E-state index in [1.165, 1.54) is 12.1 Å². The van der Waals surface area contributed by atoms with Crippen LogP contribution in [0, 0.1) is 11.7 Å². The molecule has 1 N–H and O–H groups in total. The third-order valence-corrected chi connectivity index (χ3v) is 7.80. The Morgan fingerprint density at radius 1 is 1.05 bits per heavy atom. The zero-order valence-corrected chi connectivity index (χ0v) is 22.8. The molecule has 37 heavy (non-hydrogen) atoms. The molecule has 0 saturated carbocycles. The average Bonchev–Trinajstić information content (AvgIpc) is 3.54. The minimum absolute atomic E-state index is 0.248. The summed E-state index contributed by atoms with van der Waals surface area (Å²) in [5.74, 6) is 2.36. The first-order valence-electron chi connectivity index (χ1n) is 12.9. The number of nitrogens with one attached hydrogen (secondary N) is 1. The Balaban J connectivity index is 1.36. The third kappa shape index (κ3) is 5.61. The first-order valence-corrected chi connectivity index (χ1v) is 13.7. The van der Waals surface area contributed by atoms with Crippen LogP contribution in [0.4, 0.5) is 21.2 Å². The van der Waals surface area contributed by atoms with Gasteiger partial charge in [-0.25, -0.2) is 14.4 Å². The fourth-order valence-corrected chi connectivity index (χ4v) is 5.62. The van der Waals surface area contributed by atoms with Crippen molar-refractivity contribution in [1.82, 2.24) is 29.8 Å². The van der Waals surface area contributed by atoms with Gasteiger partial charge in [-0.3, -0.25) is 4.90 Å². The minimum atomic E-state index is -0.248. The topological polar surface area (TPSA) is 64.8 Å². The molecule has 0 radical (unpaired) electrons. The molecule has 4 aromatic rings. The fraction of sp³-hybridized carbons (Fsp3) is 0.444. The lowest BCUT2D eigenvalue weighted by atomic mass is 9.97. The van der Waals surface area contributed by atoms with Gasteiger partial charge in [-0.05, 0) is 82.2 Å². The van der Waals surface area contributed by atoms with Gasteiger partial charge in [0.25, 0.3) is 0 Å². The number of hydrogen-bond acceptors (Lipinski definition) is 8. The van der Waals surface area contributed by atoms with Crippen LogP contribution in [0.5, 0.6) is 0 Å². The highest BCUT2D eigenvalue weighted by Crippen LogP contribution is 2.34. The molecule has 0 atom stereocenters. The number of aryl methyl sites for hydroxylation is 1. The third-order valence-electron chi connectivity index (χ3n) is 6.88. The van der Waals surface area contributed by atoms with E-state index in [-0.39, 0.29) is 5.82 Å². The van der Waals surface area contributed by atoms with Crippen LogP contribution < -0.4 is 15.1 Å². The second-order valence-corrected chi connectivity index (χ2v) is 10.7. The minimum Gasteiger partial charge on any atom is -0.355 e. The molecule has 1 saturated heterocycles. The summed E-state index contributed by atoms with van der Waals surface area (Å²) in [5, 5.41) is 11.4. The maximum absolute atomic E-state index is 13.4. The molecule has 1 aliphatic heterocycles. The van der Waals surface area contributed by atoms with E-state index in [9.17, 15) is 4.39 Å². The number of nitrogens with zero attached hydrogens (tertiary/aromatic N) is 7. The van der Waals surface area contributed by atoms with Crippen molar-refractivity contribution in [3.8, 4) is 11.3 Å². The maximum Gasteiger partial charge on any atom is 0.191 e. The normalized spacial score (nSPS) is 14.7. The van der Waals surface area contributed by atoms with Gasteiger partial charge in [-0.2, -0.15) is 4.52 Å². The Labute approximate surface area is 221 Å². The van der Waals surface area contributed by atoms with E-state index in [1.807, 2.05) is 16.9 Å². The SMILES string of the molecule is CCc1nc2ccc(N3CCC(CNCN(C)C)CC3)nn2c1N(C)c1nc(-c2ccc(F)cc2)cs1. The zero-order valence-electron chi connectivity index (χ0n) is 22.0. The number of fused-ring (bicyclic) bond motifs is 1. The van der Waals surface area contributed by atoms with Crippen LogP contribution in [0.25, 0.3) is 16.9 Å². The monoisotopic (exact) mass is 522 g/mol. The quantitative estimate of drug-likeness (QED) is 0.321. The zero-order chi connectivity index (χ0) is 25.9. The largest absolute Gasteiger partial charge is 0.355 e. The van der Waals surface area contributed by atoms with Crippen molar-refractivity contribution in [3.63, 3.8) is 0 Å². The molecule has 4 heterocycles. The lowest BCUT2D eigenvalue weighted by Gasteiger charge is -2.33. The summed E-state index contributed by atoms with van der Waals surface area (Å²) in [6, 6.07) is 10.6. The van der Waals surface area contributed by atoms with Crippen molar-refractivity contribution in [3.05, 3.63) is 53.3 Å². The number of hydrogen-bond donors (Lipinski definition) is 1. The summed E-state index contributed by atoms with van der Waals surface area (Å²) in [6.45, 7) is 6.09. The van der Waals surface area contributed by atoms with E-state index in [4.69, 9.17) is 15.1 Å². The van der Waals surface area contributed by atoms with Crippen LogP contribution >= 0.6 is 11.3 Å². The molecule has 0 aliphatic carbocycles. The molecule has 196 valence electrons. The Morgan fingerprint density at radius 2 is 1.81 bits per heavy atom. The number of piperidine rings is 1. The van der Waals surface area contributed by atoms with Crippen molar-refractivity contribution >= 4 is 33.8 Å². The van der Waals surface area contributed by atoms with Crippen molar-refractivity contribution in [1.29, 1.82) is 0 Å². The molecule has 10 heteroatoms. The Bertz CT molecular complexity index is 1320. The summed E-state index contributed by atoms with van der Waals surface area (Å²) >= 11 is 1.56. The summed E-state index contributed by atoms with van der Waals surface area (Å²) in [6.07, 6.45) is 3.10. The molecular formula is C27H35FN8S. The van der Waals surface area contributed by atoms with Crippen LogP contribution in [0.15, 0.2) is 41.8 Å². The number of aromatic nitrogens is 4. The molecule has 1 aromatic carbocycles. The number of halogens is 1. The highest BCUT2D eigenvalue weighted by atomic mass is 32.1. The molecule has 0 spiro atoms. The van der Waals surface area contributed by atoms with Crippen LogP contribution in [0.1, 0.15) is 25.5 Å². The van der Waals surface area contributed by atoms with E-state index >= 15 is 0 Å². The molecular weight excluding hydrogens is 487 g/mol. The number of anilines is 3. The van der Waals surface area contributed by atoms with Crippen molar-refractivity contribution in [2.75, 3.05) is 57.2 Å². The molecule has 3 aromatic heterocycles. The van der Waals surface area contributed by atoms with E-state index in [1.54, 1.807) is 23.5 Å². The Hall–Kier alpha value is -3.08. The first-order chi connectivity index (χ1) is 17.9. The number of imidazole rings is 1. The van der Waals surface area contributed by atoms with Crippen LogP contribution in [-0.4, -0.2) is 71.9 Å². The van der Waals surface area contributed by atoms with Crippen molar-refractivity contribution < 1.29 is 4.39 Å². The van der Waals surface area contributed by atoms with E-state index in [0.29, 0.717) is 5.92 Å². The second kappa shape index (κ2) is 11.1. The molecule has 8 nitrogen and oxygen atoms in total. The summed E-state index contributed by atoms with van der Waals surface area (Å²) in [4.78, 5) is 16.3. The van der Waals surface area contributed by atoms with Gasteiger partial charge >= 0.3 is 0 Å². The van der Waals surface area contributed by atoms with E-state index in [0.717, 1.165) is 84.9 Å². The van der Waals surface area contributed by atoms with Gasteiger partial charge < -0.3 is 15.1 Å². The number of thiazole rings is 1. The van der Waals surface area contributed by atoms with E-state index in [2.05, 4.69) is 53.2 Å². The standard InChI is InChI=1S/C27H35FN8S/c1-5-22-26(34(4)27-31-23(17-37-27)20-6-8-21(28)9-7-20)36-24(30-22)10-11-25(32-36)35-14-12-19(13-15-35)16-29-18-33(2)3/h6-11,17,19,29H,5,12-16,18H2,1-4H3. The predicted molar refractivity (Wildman–Crippen MR) is 149 cm³/mol. The second-order valence-electron chi connectivity index (χ2n) is 9.90. The van der Waals surface area contributed by atoms with Gasteiger partial charge in [0.05, 0.1) is 11.4 Å². The lowest BCUT2D eigenvalue weighted by Crippen LogP contribution is -2.39. The fourth-order valence-electron chi connectivity index (χ4n) is 4.82. The van der Waals surface area contributed by atoms with Gasteiger partial charge in [0, 0.05) is 37.7 Å². The molecule has 0 bridgehead atoms. The first kappa shape index (κ1) is 25.6. The van der Waals surface area contributed by atoms with Gasteiger partial charge in [0.15, 0.2) is 16.6 Å². The summed E-state index contributed by atoms with van der Waals surface area (Å²) in [7, 11) is 6.18. The number of benzene rings is 1. The van der Waals surface area contributed by atoms with Crippen molar-refractivity contribution in [2.45, 2.75) is 26.2 Å². The van der Waals surface area contributed by atoms with Crippen LogP contribution in [0.2, 0.25) is 0 Å². The summed E-state index contributed by atoms with van der Waals surface area (Å²) in [5.41, 5.74) is 3.54. The lowest BCUT2D eigenvalue weighted by molar-refractivity contribution is 0.322. The average molecular weight is 523 g/mol. The van der Waals surface area contributed by atoms with Gasteiger partial charge in [-0.1, -0.05) is 6.92 Å². The molecule has 0 amide bonds. The molecule has 1 fully saturated rings. The highest BCUT2D eigenvalue weighted by Gasteiger charge is 2.23. The maximum atomic E-state index is 13.4. The van der Waals surface area contributed by atoms with Gasteiger partial charge in [-0.15, -0.1) is 16.4 Å². The van der Waals surface area contributed by atoms with Gasteiger partial charge in [0.1, 0.15) is 11.6 Å². The predicted octanol–water partition coefficient (Wildman–Crippen LogP) is 4.65. The van der Waals surface area contributed by atoms with Crippen LogP contribution in [0.3, 0.4) is 0 Å². The molecule has 5 rings (SSSR count). The van der Waals surface area contributed by atoms with E-state index < -0.39 is 0 Å². The summed E-state index contributed by atoms with van der Waals surface area (Å²) < 4.78 is 15.3. The molecule has 0 unspecified atom stereocenters. The highest BCUT2D eigenvalue weighted by molar-refractivity contribution is 7.14. The Morgan fingerprint density at radius 3 is 2.51 bits per heavy atom.